The number of benzene rings is 1. The molecule has 2 aliphatic rings. The van der Waals surface area contributed by atoms with Crippen LogP contribution in [0.1, 0.15) is 32.3 Å². The van der Waals surface area contributed by atoms with Crippen LogP contribution in [-0.4, -0.2) is 25.1 Å². The summed E-state index contributed by atoms with van der Waals surface area (Å²) in [5, 5.41) is 6.38. The van der Waals surface area contributed by atoms with Crippen LogP contribution in [0.25, 0.3) is 0 Å². The van der Waals surface area contributed by atoms with Crippen LogP contribution in [0, 0.1) is 5.41 Å². The summed E-state index contributed by atoms with van der Waals surface area (Å²) in [5.74, 6) is 1.01. The maximum absolute atomic E-state index is 12.5. The Bertz CT molecular complexity index is 525. The van der Waals surface area contributed by atoms with Gasteiger partial charge in [0.1, 0.15) is 5.75 Å². The predicted molar refractivity (Wildman–Crippen MR) is 79.1 cm³/mol. The third kappa shape index (κ3) is 2.52. The zero-order valence-corrected chi connectivity index (χ0v) is 12.2. The van der Waals surface area contributed by atoms with Crippen molar-refractivity contribution < 1.29 is 9.53 Å². The molecule has 2 aliphatic heterocycles. The van der Waals surface area contributed by atoms with Crippen molar-refractivity contribution in [3.63, 3.8) is 0 Å². The number of carbonyl (C=O) groups is 1. The van der Waals surface area contributed by atoms with Crippen molar-refractivity contribution in [2.24, 2.45) is 5.41 Å². The van der Waals surface area contributed by atoms with Gasteiger partial charge < -0.3 is 15.4 Å². The molecule has 3 rings (SSSR count). The molecule has 20 heavy (non-hydrogen) atoms. The number of rotatable bonds is 2. The minimum atomic E-state index is -0.124. The number of ether oxygens (including phenoxy) is 1. The number of hydrogen-bond acceptors (Lipinski definition) is 3. The zero-order chi connectivity index (χ0) is 14.2. The number of fused-ring (bicyclic) bond motifs is 1. The smallest absolute Gasteiger partial charge is 0.242 e. The van der Waals surface area contributed by atoms with Crippen molar-refractivity contribution in [2.75, 3.05) is 18.5 Å². The first kappa shape index (κ1) is 13.4. The van der Waals surface area contributed by atoms with Crippen LogP contribution in [0.4, 0.5) is 5.69 Å². The van der Waals surface area contributed by atoms with Crippen LogP contribution >= 0.6 is 0 Å². The monoisotopic (exact) mass is 274 g/mol. The molecule has 1 saturated heterocycles. The second-order valence-corrected chi connectivity index (χ2v) is 6.39. The van der Waals surface area contributed by atoms with E-state index in [1.54, 1.807) is 0 Å². The summed E-state index contributed by atoms with van der Waals surface area (Å²) in [7, 11) is 0. The first-order valence-electron chi connectivity index (χ1n) is 7.36. The van der Waals surface area contributed by atoms with Gasteiger partial charge >= 0.3 is 0 Å². The molecule has 1 amide bonds. The number of hydrogen-bond donors (Lipinski definition) is 2. The van der Waals surface area contributed by atoms with Crippen LogP contribution in [-0.2, 0) is 11.2 Å². The second-order valence-electron chi connectivity index (χ2n) is 6.39. The molecule has 1 fully saturated rings. The molecular weight excluding hydrogens is 252 g/mol. The molecule has 0 saturated carbocycles. The predicted octanol–water partition coefficient (Wildman–Crippen LogP) is 2.34. The van der Waals surface area contributed by atoms with Gasteiger partial charge in [-0.1, -0.05) is 13.8 Å². The van der Waals surface area contributed by atoms with Gasteiger partial charge in [0, 0.05) is 12.1 Å². The minimum absolute atomic E-state index is 0.00215. The Morgan fingerprint density at radius 3 is 3.10 bits per heavy atom. The molecule has 2 heterocycles. The van der Waals surface area contributed by atoms with E-state index < -0.39 is 0 Å². The molecule has 0 radical (unpaired) electrons. The lowest BCUT2D eigenvalue weighted by atomic mass is 9.77. The van der Waals surface area contributed by atoms with Gasteiger partial charge in [-0.15, -0.1) is 0 Å². The number of anilines is 1. The fourth-order valence-electron chi connectivity index (χ4n) is 3.14. The maximum Gasteiger partial charge on any atom is 0.242 e. The van der Waals surface area contributed by atoms with Crippen LogP contribution in [0.2, 0.25) is 0 Å². The third-order valence-corrected chi connectivity index (χ3v) is 4.35. The van der Waals surface area contributed by atoms with E-state index in [1.807, 2.05) is 18.2 Å². The van der Waals surface area contributed by atoms with E-state index in [1.165, 1.54) is 5.56 Å². The van der Waals surface area contributed by atoms with E-state index in [0.29, 0.717) is 0 Å². The second kappa shape index (κ2) is 5.09. The van der Waals surface area contributed by atoms with Gasteiger partial charge in [0.25, 0.3) is 0 Å². The summed E-state index contributed by atoms with van der Waals surface area (Å²) >= 11 is 0. The van der Waals surface area contributed by atoms with Crippen LogP contribution in [0.3, 0.4) is 0 Å². The van der Waals surface area contributed by atoms with Crippen molar-refractivity contribution in [1.82, 2.24) is 5.32 Å². The van der Waals surface area contributed by atoms with E-state index in [0.717, 1.165) is 43.9 Å². The molecule has 0 bridgehead atoms. The van der Waals surface area contributed by atoms with Crippen molar-refractivity contribution >= 4 is 11.6 Å². The molecule has 2 N–H and O–H groups in total. The van der Waals surface area contributed by atoms with E-state index in [2.05, 4.69) is 24.5 Å². The molecule has 1 atom stereocenters. The van der Waals surface area contributed by atoms with Gasteiger partial charge in [0.15, 0.2) is 0 Å². The topological polar surface area (TPSA) is 50.4 Å². The summed E-state index contributed by atoms with van der Waals surface area (Å²) in [6.45, 7) is 5.96. The van der Waals surface area contributed by atoms with Gasteiger partial charge in [-0.3, -0.25) is 4.79 Å². The highest BCUT2D eigenvalue weighted by Gasteiger charge is 2.37. The molecule has 0 spiro atoms. The molecule has 1 unspecified atom stereocenters. The minimum Gasteiger partial charge on any atom is -0.493 e. The van der Waals surface area contributed by atoms with E-state index >= 15 is 0 Å². The highest BCUT2D eigenvalue weighted by molar-refractivity contribution is 5.95. The van der Waals surface area contributed by atoms with Crippen LogP contribution < -0.4 is 15.4 Å². The van der Waals surface area contributed by atoms with E-state index in [4.69, 9.17) is 4.74 Å². The Morgan fingerprint density at radius 2 is 2.30 bits per heavy atom. The lowest BCUT2D eigenvalue weighted by Gasteiger charge is -2.38. The van der Waals surface area contributed by atoms with Crippen molar-refractivity contribution in [3.05, 3.63) is 23.8 Å². The Balaban J connectivity index is 1.72. The van der Waals surface area contributed by atoms with Gasteiger partial charge in [-0.25, -0.2) is 0 Å². The fourth-order valence-corrected chi connectivity index (χ4v) is 3.14. The first-order valence-corrected chi connectivity index (χ1v) is 7.36. The molecule has 0 aliphatic carbocycles. The van der Waals surface area contributed by atoms with Gasteiger partial charge in [-0.2, -0.15) is 0 Å². The molecule has 108 valence electrons. The number of piperidine rings is 1. The first-order chi connectivity index (χ1) is 9.56. The average Bonchev–Trinajstić information content (AvgIpc) is 2.85. The van der Waals surface area contributed by atoms with Crippen LogP contribution in [0.5, 0.6) is 5.75 Å². The average molecular weight is 274 g/mol. The zero-order valence-electron chi connectivity index (χ0n) is 12.2. The highest BCUT2D eigenvalue weighted by Crippen LogP contribution is 2.32. The third-order valence-electron chi connectivity index (χ3n) is 4.35. The molecule has 4 nitrogen and oxygen atoms in total. The van der Waals surface area contributed by atoms with Gasteiger partial charge in [-0.05, 0) is 48.6 Å². The van der Waals surface area contributed by atoms with Gasteiger partial charge in [0.2, 0.25) is 5.91 Å². The maximum atomic E-state index is 12.5. The van der Waals surface area contributed by atoms with Gasteiger partial charge in [0.05, 0.1) is 12.6 Å². The Morgan fingerprint density at radius 1 is 1.45 bits per heavy atom. The summed E-state index contributed by atoms with van der Waals surface area (Å²) < 4.78 is 5.48. The largest absolute Gasteiger partial charge is 0.493 e. The summed E-state index contributed by atoms with van der Waals surface area (Å²) in [5.41, 5.74) is 2.04. The standard InChI is InChI=1S/C16H22N2O2/c1-16(2)7-3-8-17-14(16)15(19)18-12-4-5-13-11(10-12)6-9-20-13/h4-5,10,14,17H,3,6-9H2,1-2H3,(H,18,19). The summed E-state index contributed by atoms with van der Waals surface area (Å²) in [6.07, 6.45) is 3.13. The SMILES string of the molecule is CC1(C)CCCNC1C(=O)Nc1ccc2c(c1)CCO2. The number of nitrogens with one attached hydrogen (secondary N) is 2. The Kier molecular flexibility index (Phi) is 3.42. The lowest BCUT2D eigenvalue weighted by Crippen LogP contribution is -2.53. The highest BCUT2D eigenvalue weighted by atomic mass is 16.5. The molecule has 1 aromatic rings. The Labute approximate surface area is 119 Å². The molecular formula is C16H22N2O2. The summed E-state index contributed by atoms with van der Waals surface area (Å²) in [6, 6.07) is 5.76. The number of amides is 1. The fraction of sp³-hybridized carbons (Fsp3) is 0.562. The van der Waals surface area contributed by atoms with Crippen molar-refractivity contribution in [1.29, 1.82) is 0 Å². The van der Waals surface area contributed by atoms with E-state index in [-0.39, 0.29) is 17.4 Å². The van der Waals surface area contributed by atoms with E-state index in [9.17, 15) is 4.79 Å². The van der Waals surface area contributed by atoms with Crippen molar-refractivity contribution in [3.8, 4) is 5.75 Å². The Hall–Kier alpha value is -1.55. The summed E-state index contributed by atoms with van der Waals surface area (Å²) in [4.78, 5) is 12.5. The normalized spacial score (nSPS) is 23.8. The lowest BCUT2D eigenvalue weighted by molar-refractivity contribution is -0.121. The molecule has 1 aromatic carbocycles. The number of carbonyl (C=O) groups excluding carboxylic acids is 1. The van der Waals surface area contributed by atoms with Crippen molar-refractivity contribution in [2.45, 2.75) is 39.2 Å². The quantitative estimate of drug-likeness (QED) is 0.870. The molecule has 0 aromatic heterocycles. The van der Waals surface area contributed by atoms with Crippen LogP contribution in [0.15, 0.2) is 18.2 Å². The molecule has 4 heteroatoms.